The lowest BCUT2D eigenvalue weighted by Gasteiger charge is -2.09. The van der Waals surface area contributed by atoms with Crippen LogP contribution >= 0.6 is 0 Å². The Bertz CT molecular complexity index is 819. The fraction of sp³-hybridized carbons (Fsp3) is 0.300. The molecular formula is C20H22N4O3. The number of amides is 2. The second-order valence-electron chi connectivity index (χ2n) is 6.34. The van der Waals surface area contributed by atoms with Gasteiger partial charge in [-0.15, -0.1) is 0 Å². The Labute approximate surface area is 157 Å². The number of hydrogen-bond acceptors (Lipinski definition) is 5. The van der Waals surface area contributed by atoms with Crippen molar-refractivity contribution in [3.8, 4) is 0 Å². The Kier molecular flexibility index (Phi) is 6.14. The average Bonchev–Trinajstić information content (AvgIpc) is 3.18. The molecule has 2 heterocycles. The molecule has 1 aromatic carbocycles. The normalized spacial score (nSPS) is 15.6. The number of benzene rings is 1. The molecule has 0 fully saturated rings. The van der Waals surface area contributed by atoms with Gasteiger partial charge in [-0.2, -0.15) is 0 Å². The SMILES string of the molecule is Cc1ccc(C2=NOC(C(=O)NCCC(=O)NCc3ccccn3)C2)cc1. The summed E-state index contributed by atoms with van der Waals surface area (Å²) >= 11 is 0. The van der Waals surface area contributed by atoms with Gasteiger partial charge < -0.3 is 15.5 Å². The average molecular weight is 366 g/mol. The van der Waals surface area contributed by atoms with Gasteiger partial charge in [0.25, 0.3) is 5.91 Å². The molecule has 2 aromatic rings. The molecule has 3 rings (SSSR count). The minimum Gasteiger partial charge on any atom is -0.382 e. The van der Waals surface area contributed by atoms with Gasteiger partial charge in [0.1, 0.15) is 0 Å². The van der Waals surface area contributed by atoms with Gasteiger partial charge in [0, 0.05) is 25.6 Å². The number of aromatic nitrogens is 1. The zero-order valence-corrected chi connectivity index (χ0v) is 15.1. The van der Waals surface area contributed by atoms with E-state index < -0.39 is 6.10 Å². The molecule has 140 valence electrons. The van der Waals surface area contributed by atoms with E-state index in [1.165, 1.54) is 0 Å². The lowest BCUT2D eigenvalue weighted by Crippen LogP contribution is -2.37. The van der Waals surface area contributed by atoms with E-state index in [9.17, 15) is 9.59 Å². The second-order valence-corrected chi connectivity index (χ2v) is 6.34. The highest BCUT2D eigenvalue weighted by molar-refractivity contribution is 6.04. The third-order valence-corrected chi connectivity index (χ3v) is 4.19. The van der Waals surface area contributed by atoms with Crippen LogP contribution in [-0.2, 0) is 21.0 Å². The first-order valence-corrected chi connectivity index (χ1v) is 8.86. The minimum atomic E-state index is -0.655. The highest BCUT2D eigenvalue weighted by Gasteiger charge is 2.28. The molecule has 0 bridgehead atoms. The molecule has 0 spiro atoms. The molecule has 0 radical (unpaired) electrons. The van der Waals surface area contributed by atoms with Gasteiger partial charge in [-0.1, -0.05) is 41.1 Å². The topological polar surface area (TPSA) is 92.7 Å². The summed E-state index contributed by atoms with van der Waals surface area (Å²) in [5, 5.41) is 9.50. The molecule has 1 atom stereocenters. The van der Waals surface area contributed by atoms with Crippen LogP contribution in [0.25, 0.3) is 0 Å². The number of nitrogens with zero attached hydrogens (tertiary/aromatic N) is 2. The molecule has 27 heavy (non-hydrogen) atoms. The molecule has 2 amide bonds. The van der Waals surface area contributed by atoms with Crippen LogP contribution in [0.15, 0.2) is 53.8 Å². The van der Waals surface area contributed by atoms with E-state index in [0.717, 1.165) is 22.5 Å². The van der Waals surface area contributed by atoms with Crippen LogP contribution in [0.1, 0.15) is 29.7 Å². The van der Waals surface area contributed by atoms with Crippen LogP contribution in [0.2, 0.25) is 0 Å². The number of carbonyl (C=O) groups excluding carboxylic acids is 2. The van der Waals surface area contributed by atoms with E-state index in [2.05, 4.69) is 20.8 Å². The molecule has 0 aliphatic carbocycles. The molecule has 1 aliphatic rings. The number of rotatable bonds is 7. The standard InChI is InChI=1S/C20H22N4O3/c1-14-5-7-15(8-6-14)17-12-18(27-24-17)20(26)22-11-9-19(25)23-13-16-4-2-3-10-21-16/h2-8,10,18H,9,11-13H2,1H3,(H,22,26)(H,23,25). The van der Waals surface area contributed by atoms with Crippen molar-refractivity contribution in [1.29, 1.82) is 0 Å². The first kappa shape index (κ1) is 18.6. The summed E-state index contributed by atoms with van der Waals surface area (Å²) in [6, 6.07) is 13.4. The summed E-state index contributed by atoms with van der Waals surface area (Å²) in [4.78, 5) is 33.4. The van der Waals surface area contributed by atoms with E-state index >= 15 is 0 Å². The van der Waals surface area contributed by atoms with Crippen molar-refractivity contribution in [3.05, 3.63) is 65.5 Å². The van der Waals surface area contributed by atoms with Crippen LogP contribution in [0.4, 0.5) is 0 Å². The molecule has 0 saturated heterocycles. The Morgan fingerprint density at radius 1 is 1.15 bits per heavy atom. The van der Waals surface area contributed by atoms with Crippen LogP contribution in [-0.4, -0.2) is 35.2 Å². The Morgan fingerprint density at radius 2 is 1.96 bits per heavy atom. The lowest BCUT2D eigenvalue weighted by molar-refractivity contribution is -0.131. The van der Waals surface area contributed by atoms with Crippen molar-refractivity contribution in [2.24, 2.45) is 5.16 Å². The summed E-state index contributed by atoms with van der Waals surface area (Å²) in [6.45, 7) is 2.62. The van der Waals surface area contributed by atoms with Crippen LogP contribution in [0.3, 0.4) is 0 Å². The number of aryl methyl sites for hydroxylation is 1. The van der Waals surface area contributed by atoms with Crippen molar-refractivity contribution >= 4 is 17.5 Å². The van der Waals surface area contributed by atoms with Crippen molar-refractivity contribution < 1.29 is 14.4 Å². The maximum atomic E-state index is 12.2. The van der Waals surface area contributed by atoms with E-state index in [0.29, 0.717) is 13.0 Å². The molecular weight excluding hydrogens is 344 g/mol. The molecule has 1 unspecified atom stereocenters. The van der Waals surface area contributed by atoms with Gasteiger partial charge in [0.2, 0.25) is 12.0 Å². The molecule has 2 N–H and O–H groups in total. The predicted molar refractivity (Wildman–Crippen MR) is 101 cm³/mol. The fourth-order valence-corrected chi connectivity index (χ4v) is 2.63. The predicted octanol–water partition coefficient (Wildman–Crippen LogP) is 1.71. The second kappa shape index (κ2) is 8.93. The van der Waals surface area contributed by atoms with Gasteiger partial charge >= 0.3 is 0 Å². The number of nitrogens with one attached hydrogen (secondary N) is 2. The lowest BCUT2D eigenvalue weighted by atomic mass is 10.0. The summed E-state index contributed by atoms with van der Waals surface area (Å²) in [7, 11) is 0. The molecule has 7 nitrogen and oxygen atoms in total. The number of hydrogen-bond donors (Lipinski definition) is 2. The Hall–Kier alpha value is -3.22. The number of carbonyl (C=O) groups is 2. The monoisotopic (exact) mass is 366 g/mol. The molecule has 7 heteroatoms. The van der Waals surface area contributed by atoms with Crippen LogP contribution in [0.5, 0.6) is 0 Å². The number of pyridine rings is 1. The molecule has 0 saturated carbocycles. The van der Waals surface area contributed by atoms with Gasteiger partial charge in [0.05, 0.1) is 18.0 Å². The maximum absolute atomic E-state index is 12.2. The van der Waals surface area contributed by atoms with Gasteiger partial charge in [-0.05, 0) is 24.6 Å². The van der Waals surface area contributed by atoms with Crippen molar-refractivity contribution in [1.82, 2.24) is 15.6 Å². The Balaban J connectivity index is 1.36. The van der Waals surface area contributed by atoms with Crippen molar-refractivity contribution in [2.45, 2.75) is 32.4 Å². The quantitative estimate of drug-likeness (QED) is 0.780. The van der Waals surface area contributed by atoms with E-state index in [1.807, 2.05) is 49.4 Å². The van der Waals surface area contributed by atoms with Crippen LogP contribution < -0.4 is 10.6 Å². The highest BCUT2D eigenvalue weighted by atomic mass is 16.6. The smallest absolute Gasteiger partial charge is 0.264 e. The zero-order valence-electron chi connectivity index (χ0n) is 15.1. The van der Waals surface area contributed by atoms with Crippen molar-refractivity contribution in [3.63, 3.8) is 0 Å². The minimum absolute atomic E-state index is 0.148. The van der Waals surface area contributed by atoms with Gasteiger partial charge in [0.15, 0.2) is 0 Å². The maximum Gasteiger partial charge on any atom is 0.264 e. The molecule has 1 aliphatic heterocycles. The summed E-state index contributed by atoms with van der Waals surface area (Å²) in [5.74, 6) is -0.414. The van der Waals surface area contributed by atoms with E-state index in [4.69, 9.17) is 4.84 Å². The van der Waals surface area contributed by atoms with E-state index in [-0.39, 0.29) is 24.8 Å². The van der Waals surface area contributed by atoms with E-state index in [1.54, 1.807) is 6.20 Å². The first-order valence-electron chi connectivity index (χ1n) is 8.86. The Morgan fingerprint density at radius 3 is 2.70 bits per heavy atom. The fourth-order valence-electron chi connectivity index (χ4n) is 2.63. The highest BCUT2D eigenvalue weighted by Crippen LogP contribution is 2.17. The third-order valence-electron chi connectivity index (χ3n) is 4.19. The van der Waals surface area contributed by atoms with Gasteiger partial charge in [-0.3, -0.25) is 14.6 Å². The number of oxime groups is 1. The first-order chi connectivity index (χ1) is 13.1. The van der Waals surface area contributed by atoms with Gasteiger partial charge in [-0.25, -0.2) is 0 Å². The molecule has 1 aromatic heterocycles. The summed E-state index contributed by atoms with van der Waals surface area (Å²) in [6.07, 6.45) is 1.63. The largest absolute Gasteiger partial charge is 0.382 e. The third kappa shape index (κ3) is 5.37. The van der Waals surface area contributed by atoms with Crippen LogP contribution in [0, 0.1) is 6.92 Å². The van der Waals surface area contributed by atoms with Crippen molar-refractivity contribution in [2.75, 3.05) is 6.54 Å². The summed E-state index contributed by atoms with van der Waals surface area (Å²) < 4.78 is 0. The summed E-state index contributed by atoms with van der Waals surface area (Å²) in [5.41, 5.74) is 3.65. The zero-order chi connectivity index (χ0) is 19.1.